The first-order valence-corrected chi connectivity index (χ1v) is 6.53. The summed E-state index contributed by atoms with van der Waals surface area (Å²) < 4.78 is 0. The molecule has 1 atom stereocenters. The molecular weight excluding hydrogens is 222 g/mol. The van der Waals surface area contributed by atoms with Gasteiger partial charge in [0.25, 0.3) is 0 Å². The van der Waals surface area contributed by atoms with E-state index in [2.05, 4.69) is 15.6 Å². The average molecular weight is 239 g/mol. The Morgan fingerprint density at radius 1 is 1.75 bits per heavy atom. The van der Waals surface area contributed by atoms with Gasteiger partial charge in [-0.25, -0.2) is 4.98 Å². The van der Waals surface area contributed by atoms with Gasteiger partial charge in [0.05, 0.1) is 23.2 Å². The number of thiazole rings is 1. The molecule has 1 amide bonds. The molecule has 1 fully saturated rings. The van der Waals surface area contributed by atoms with Crippen molar-refractivity contribution < 1.29 is 4.79 Å². The zero-order chi connectivity index (χ0) is 11.4. The Bertz CT molecular complexity index is 358. The van der Waals surface area contributed by atoms with E-state index in [0.29, 0.717) is 6.54 Å². The predicted molar refractivity (Wildman–Crippen MR) is 64.3 cm³/mol. The highest BCUT2D eigenvalue weighted by molar-refractivity contribution is 7.09. The average Bonchev–Trinajstić information content (AvgIpc) is 2.73. The maximum Gasteiger partial charge on any atom is 0.224 e. The van der Waals surface area contributed by atoms with Crippen molar-refractivity contribution in [2.75, 3.05) is 13.1 Å². The van der Waals surface area contributed by atoms with Crippen LogP contribution in [0.1, 0.15) is 23.5 Å². The minimum atomic E-state index is 0.133. The topological polar surface area (TPSA) is 54.0 Å². The van der Waals surface area contributed by atoms with Crippen molar-refractivity contribution in [1.29, 1.82) is 0 Å². The number of carbonyl (C=O) groups is 1. The van der Waals surface area contributed by atoms with Crippen molar-refractivity contribution >= 4 is 17.2 Å². The summed E-state index contributed by atoms with van der Waals surface area (Å²) >= 11 is 1.62. The Kier molecular flexibility index (Phi) is 3.90. The van der Waals surface area contributed by atoms with Crippen LogP contribution in [-0.2, 0) is 11.3 Å². The molecule has 0 bridgehead atoms. The van der Waals surface area contributed by atoms with Crippen molar-refractivity contribution in [2.24, 2.45) is 5.92 Å². The van der Waals surface area contributed by atoms with Crippen LogP contribution < -0.4 is 10.6 Å². The number of rotatable bonds is 3. The monoisotopic (exact) mass is 239 g/mol. The second-order valence-electron chi connectivity index (χ2n) is 4.12. The van der Waals surface area contributed by atoms with E-state index < -0.39 is 0 Å². The quantitative estimate of drug-likeness (QED) is 0.829. The van der Waals surface area contributed by atoms with Crippen LogP contribution in [0.5, 0.6) is 0 Å². The number of hydrogen-bond acceptors (Lipinski definition) is 4. The lowest BCUT2D eigenvalue weighted by Gasteiger charge is -2.21. The van der Waals surface area contributed by atoms with Gasteiger partial charge in [-0.3, -0.25) is 4.79 Å². The largest absolute Gasteiger partial charge is 0.350 e. The molecule has 0 spiro atoms. The summed E-state index contributed by atoms with van der Waals surface area (Å²) in [5.74, 6) is 0.284. The minimum Gasteiger partial charge on any atom is -0.350 e. The smallest absolute Gasteiger partial charge is 0.224 e. The molecule has 2 N–H and O–H groups in total. The lowest BCUT2D eigenvalue weighted by atomic mass is 9.99. The molecule has 0 radical (unpaired) electrons. The molecule has 0 aliphatic carbocycles. The van der Waals surface area contributed by atoms with Crippen LogP contribution in [-0.4, -0.2) is 24.0 Å². The molecule has 1 aromatic rings. The molecule has 2 heterocycles. The Hall–Kier alpha value is -0.940. The first-order valence-electron chi connectivity index (χ1n) is 5.65. The van der Waals surface area contributed by atoms with E-state index in [1.807, 2.05) is 12.3 Å². The summed E-state index contributed by atoms with van der Waals surface area (Å²) in [6.07, 6.45) is 2.09. The summed E-state index contributed by atoms with van der Waals surface area (Å²) in [4.78, 5) is 16.1. The number of nitrogens with zero attached hydrogens (tertiary/aromatic N) is 1. The van der Waals surface area contributed by atoms with Crippen LogP contribution in [0, 0.1) is 12.8 Å². The molecule has 1 unspecified atom stereocenters. The number of aryl methyl sites for hydroxylation is 1. The van der Waals surface area contributed by atoms with Crippen LogP contribution >= 0.6 is 11.3 Å². The SMILES string of the molecule is Cc1nc(CNC(=O)C2CCCNC2)cs1. The lowest BCUT2D eigenvalue weighted by molar-refractivity contribution is -0.125. The number of carbonyl (C=O) groups excluding carboxylic acids is 1. The van der Waals surface area contributed by atoms with E-state index in [1.54, 1.807) is 11.3 Å². The number of piperidine rings is 1. The number of aromatic nitrogens is 1. The number of hydrogen-bond donors (Lipinski definition) is 2. The third-order valence-electron chi connectivity index (χ3n) is 2.78. The van der Waals surface area contributed by atoms with Crippen molar-refractivity contribution in [3.8, 4) is 0 Å². The normalized spacial score (nSPS) is 20.7. The molecule has 1 aromatic heterocycles. The Labute approximate surface area is 99.5 Å². The summed E-state index contributed by atoms with van der Waals surface area (Å²) in [5, 5.41) is 9.23. The molecule has 5 heteroatoms. The summed E-state index contributed by atoms with van der Waals surface area (Å²) in [6.45, 7) is 4.37. The van der Waals surface area contributed by atoms with Crippen molar-refractivity contribution in [3.63, 3.8) is 0 Å². The molecule has 0 saturated carbocycles. The van der Waals surface area contributed by atoms with Gasteiger partial charge in [-0.1, -0.05) is 0 Å². The Morgan fingerprint density at radius 2 is 2.62 bits per heavy atom. The molecule has 16 heavy (non-hydrogen) atoms. The van der Waals surface area contributed by atoms with Gasteiger partial charge in [0, 0.05) is 11.9 Å². The van der Waals surface area contributed by atoms with Gasteiger partial charge >= 0.3 is 0 Å². The van der Waals surface area contributed by atoms with Crippen LogP contribution in [0.3, 0.4) is 0 Å². The predicted octanol–water partition coefficient (Wildman–Crippen LogP) is 1.07. The standard InChI is InChI=1S/C11H17N3OS/c1-8-14-10(7-16-8)6-13-11(15)9-3-2-4-12-5-9/h7,9,12H,2-6H2,1H3,(H,13,15). The molecule has 0 aromatic carbocycles. The van der Waals surface area contributed by atoms with E-state index in [4.69, 9.17) is 0 Å². The van der Waals surface area contributed by atoms with Crippen molar-refractivity contribution in [2.45, 2.75) is 26.3 Å². The van der Waals surface area contributed by atoms with E-state index in [9.17, 15) is 4.79 Å². The fourth-order valence-corrected chi connectivity index (χ4v) is 2.50. The first-order chi connectivity index (χ1) is 7.75. The van der Waals surface area contributed by atoms with Gasteiger partial charge in [-0.15, -0.1) is 11.3 Å². The van der Waals surface area contributed by atoms with Gasteiger partial charge in [-0.05, 0) is 26.3 Å². The zero-order valence-corrected chi connectivity index (χ0v) is 10.3. The second-order valence-corrected chi connectivity index (χ2v) is 5.18. The first kappa shape index (κ1) is 11.5. The molecule has 1 aliphatic heterocycles. The van der Waals surface area contributed by atoms with Crippen LogP contribution in [0.4, 0.5) is 0 Å². The van der Waals surface area contributed by atoms with Gasteiger partial charge < -0.3 is 10.6 Å². The summed E-state index contributed by atoms with van der Waals surface area (Å²) in [7, 11) is 0. The summed E-state index contributed by atoms with van der Waals surface area (Å²) in [5.41, 5.74) is 0.958. The minimum absolute atomic E-state index is 0.133. The third-order valence-corrected chi connectivity index (χ3v) is 3.60. The third kappa shape index (κ3) is 3.02. The van der Waals surface area contributed by atoms with Gasteiger partial charge in [0.1, 0.15) is 0 Å². The summed E-state index contributed by atoms with van der Waals surface area (Å²) in [6, 6.07) is 0. The fourth-order valence-electron chi connectivity index (χ4n) is 1.89. The maximum absolute atomic E-state index is 11.8. The zero-order valence-electron chi connectivity index (χ0n) is 9.45. The van der Waals surface area contributed by atoms with E-state index >= 15 is 0 Å². The van der Waals surface area contributed by atoms with Gasteiger partial charge in [0.15, 0.2) is 0 Å². The lowest BCUT2D eigenvalue weighted by Crippen LogP contribution is -2.40. The van der Waals surface area contributed by atoms with Gasteiger partial charge in [0.2, 0.25) is 5.91 Å². The van der Waals surface area contributed by atoms with E-state index in [0.717, 1.165) is 36.6 Å². The number of nitrogens with one attached hydrogen (secondary N) is 2. The fraction of sp³-hybridized carbons (Fsp3) is 0.636. The van der Waals surface area contributed by atoms with Crippen molar-refractivity contribution in [1.82, 2.24) is 15.6 Å². The maximum atomic E-state index is 11.8. The molecule has 88 valence electrons. The highest BCUT2D eigenvalue weighted by atomic mass is 32.1. The molecular formula is C11H17N3OS. The van der Waals surface area contributed by atoms with Crippen LogP contribution in [0.25, 0.3) is 0 Å². The van der Waals surface area contributed by atoms with Crippen LogP contribution in [0.15, 0.2) is 5.38 Å². The highest BCUT2D eigenvalue weighted by Crippen LogP contribution is 2.11. The second kappa shape index (κ2) is 5.41. The molecule has 4 nitrogen and oxygen atoms in total. The van der Waals surface area contributed by atoms with E-state index in [-0.39, 0.29) is 11.8 Å². The Balaban J connectivity index is 1.78. The molecule has 1 saturated heterocycles. The molecule has 2 rings (SSSR count). The van der Waals surface area contributed by atoms with Crippen LogP contribution in [0.2, 0.25) is 0 Å². The Morgan fingerprint density at radius 3 is 3.25 bits per heavy atom. The van der Waals surface area contributed by atoms with Crippen molar-refractivity contribution in [3.05, 3.63) is 16.1 Å². The molecule has 1 aliphatic rings. The van der Waals surface area contributed by atoms with E-state index in [1.165, 1.54) is 0 Å². The highest BCUT2D eigenvalue weighted by Gasteiger charge is 2.20. The van der Waals surface area contributed by atoms with Gasteiger partial charge in [-0.2, -0.15) is 0 Å². The number of amides is 1.